The monoisotopic (exact) mass is 290 g/mol. The van der Waals surface area contributed by atoms with Crippen LogP contribution in [0.25, 0.3) is 0 Å². The van der Waals surface area contributed by atoms with Gasteiger partial charge in [-0.15, -0.1) is 0 Å². The number of ether oxygens (including phenoxy) is 1. The van der Waals surface area contributed by atoms with Gasteiger partial charge in [0, 0.05) is 26.1 Å². The lowest BCUT2D eigenvalue weighted by Crippen LogP contribution is -2.46. The van der Waals surface area contributed by atoms with Crippen LogP contribution in [0, 0.1) is 0 Å². The molecule has 1 aromatic rings. The number of fused-ring (bicyclic) bond motifs is 2. The number of anilines is 1. The molecule has 1 aromatic heterocycles. The quantitative estimate of drug-likeness (QED) is 0.916. The Hall–Kier alpha value is -1.69. The highest BCUT2D eigenvalue weighted by Crippen LogP contribution is 2.28. The standard InChI is InChI=1S/C15H22N4O2/c1-9(2)14-17-6-12(16-3)13(18-14)15(20)19-7-10-4-5-11(8-19)21-10/h6,9-11,16H,4-5,7-8H2,1-3H3. The number of hydrogen-bond donors (Lipinski definition) is 1. The van der Waals surface area contributed by atoms with Crippen LogP contribution >= 0.6 is 0 Å². The second-order valence-electron chi connectivity index (χ2n) is 6.06. The largest absolute Gasteiger partial charge is 0.385 e. The maximum atomic E-state index is 12.8. The number of nitrogens with zero attached hydrogens (tertiary/aromatic N) is 3. The number of amides is 1. The first-order chi connectivity index (χ1) is 10.1. The van der Waals surface area contributed by atoms with E-state index in [1.54, 1.807) is 13.2 Å². The molecule has 2 fully saturated rings. The fourth-order valence-corrected chi connectivity index (χ4v) is 2.95. The van der Waals surface area contributed by atoms with Gasteiger partial charge in [-0.3, -0.25) is 4.79 Å². The average Bonchev–Trinajstić information content (AvgIpc) is 2.84. The van der Waals surface area contributed by atoms with Crippen molar-refractivity contribution in [1.29, 1.82) is 0 Å². The molecule has 0 radical (unpaired) electrons. The van der Waals surface area contributed by atoms with Gasteiger partial charge in [-0.1, -0.05) is 13.8 Å². The molecule has 2 aliphatic rings. The molecule has 2 saturated heterocycles. The fourth-order valence-electron chi connectivity index (χ4n) is 2.95. The van der Waals surface area contributed by atoms with E-state index in [4.69, 9.17) is 4.74 Å². The number of morpholine rings is 1. The lowest BCUT2D eigenvalue weighted by molar-refractivity contribution is -0.0305. The van der Waals surface area contributed by atoms with E-state index in [0.29, 0.717) is 30.3 Å². The van der Waals surface area contributed by atoms with Crippen LogP contribution in [0.15, 0.2) is 6.20 Å². The van der Waals surface area contributed by atoms with Crippen molar-refractivity contribution in [3.05, 3.63) is 17.7 Å². The summed E-state index contributed by atoms with van der Waals surface area (Å²) < 4.78 is 5.79. The summed E-state index contributed by atoms with van der Waals surface area (Å²) in [5.74, 6) is 0.876. The normalized spacial score (nSPS) is 24.5. The third kappa shape index (κ3) is 2.72. The van der Waals surface area contributed by atoms with Crippen molar-refractivity contribution in [2.75, 3.05) is 25.5 Å². The zero-order chi connectivity index (χ0) is 15.0. The minimum Gasteiger partial charge on any atom is -0.385 e. The number of carbonyl (C=O) groups is 1. The highest BCUT2D eigenvalue weighted by molar-refractivity contribution is 5.97. The first kappa shape index (κ1) is 14.3. The van der Waals surface area contributed by atoms with Gasteiger partial charge < -0.3 is 15.0 Å². The Morgan fingerprint density at radius 1 is 1.38 bits per heavy atom. The lowest BCUT2D eigenvalue weighted by atomic mass is 10.2. The van der Waals surface area contributed by atoms with Crippen molar-refractivity contribution < 1.29 is 9.53 Å². The Labute approximate surface area is 124 Å². The van der Waals surface area contributed by atoms with Crippen LogP contribution < -0.4 is 5.32 Å². The van der Waals surface area contributed by atoms with Gasteiger partial charge in [0.1, 0.15) is 5.82 Å². The third-order valence-electron chi connectivity index (χ3n) is 4.13. The van der Waals surface area contributed by atoms with Crippen LogP contribution in [-0.2, 0) is 4.74 Å². The molecule has 1 N–H and O–H groups in total. The molecule has 1 amide bonds. The van der Waals surface area contributed by atoms with Crippen molar-refractivity contribution in [1.82, 2.24) is 14.9 Å². The summed E-state index contributed by atoms with van der Waals surface area (Å²) in [5.41, 5.74) is 1.15. The van der Waals surface area contributed by atoms with E-state index < -0.39 is 0 Å². The Balaban J connectivity index is 1.87. The third-order valence-corrected chi connectivity index (χ3v) is 4.13. The topological polar surface area (TPSA) is 67.4 Å². The molecule has 114 valence electrons. The van der Waals surface area contributed by atoms with Crippen molar-refractivity contribution in [3.63, 3.8) is 0 Å². The summed E-state index contributed by atoms with van der Waals surface area (Å²) in [6.45, 7) is 5.38. The number of aromatic nitrogens is 2. The van der Waals surface area contributed by atoms with Gasteiger partial charge in [0.05, 0.1) is 24.1 Å². The molecule has 21 heavy (non-hydrogen) atoms. The maximum absolute atomic E-state index is 12.8. The molecule has 2 aliphatic heterocycles. The zero-order valence-corrected chi connectivity index (χ0v) is 12.8. The van der Waals surface area contributed by atoms with Gasteiger partial charge in [-0.25, -0.2) is 9.97 Å². The van der Waals surface area contributed by atoms with Crippen LogP contribution in [0.5, 0.6) is 0 Å². The van der Waals surface area contributed by atoms with Gasteiger partial charge in [-0.2, -0.15) is 0 Å². The van der Waals surface area contributed by atoms with E-state index in [-0.39, 0.29) is 24.0 Å². The van der Waals surface area contributed by atoms with Gasteiger partial charge in [0.2, 0.25) is 0 Å². The van der Waals surface area contributed by atoms with Crippen LogP contribution in [0.2, 0.25) is 0 Å². The molecule has 0 saturated carbocycles. The number of carbonyl (C=O) groups excluding carboxylic acids is 1. The number of likely N-dealkylation sites (tertiary alicyclic amines) is 1. The van der Waals surface area contributed by atoms with E-state index in [9.17, 15) is 4.79 Å². The average molecular weight is 290 g/mol. The van der Waals surface area contributed by atoms with Crippen molar-refractivity contribution in [3.8, 4) is 0 Å². The Bertz CT molecular complexity index is 534. The molecular weight excluding hydrogens is 268 g/mol. The molecule has 6 heteroatoms. The Morgan fingerprint density at radius 2 is 2.05 bits per heavy atom. The molecule has 0 aromatic carbocycles. The maximum Gasteiger partial charge on any atom is 0.274 e. The van der Waals surface area contributed by atoms with Gasteiger partial charge in [0.15, 0.2) is 5.69 Å². The number of rotatable bonds is 3. The lowest BCUT2D eigenvalue weighted by Gasteiger charge is -2.32. The SMILES string of the molecule is CNc1cnc(C(C)C)nc1C(=O)N1CC2CCC(C1)O2. The molecule has 3 rings (SSSR count). The van der Waals surface area contributed by atoms with E-state index in [0.717, 1.165) is 12.8 Å². The summed E-state index contributed by atoms with van der Waals surface area (Å²) in [6.07, 6.45) is 4.18. The van der Waals surface area contributed by atoms with Gasteiger partial charge in [-0.05, 0) is 12.8 Å². The predicted octanol–water partition coefficient (Wildman–Crippen LogP) is 1.65. The second kappa shape index (κ2) is 5.60. The second-order valence-corrected chi connectivity index (χ2v) is 6.06. The minimum absolute atomic E-state index is 0.0242. The summed E-state index contributed by atoms with van der Waals surface area (Å²) in [5, 5.41) is 3.02. The summed E-state index contributed by atoms with van der Waals surface area (Å²) in [7, 11) is 1.79. The van der Waals surface area contributed by atoms with Crippen molar-refractivity contribution in [2.24, 2.45) is 0 Å². The molecule has 3 heterocycles. The van der Waals surface area contributed by atoms with E-state index in [2.05, 4.69) is 15.3 Å². The predicted molar refractivity (Wildman–Crippen MR) is 79.5 cm³/mol. The molecular formula is C15H22N4O2. The van der Waals surface area contributed by atoms with Gasteiger partial charge in [0.25, 0.3) is 5.91 Å². The molecule has 6 nitrogen and oxygen atoms in total. The molecule has 0 aliphatic carbocycles. The summed E-state index contributed by atoms with van der Waals surface area (Å²) in [6, 6.07) is 0. The molecule has 2 bridgehead atoms. The van der Waals surface area contributed by atoms with Crippen LogP contribution in [-0.4, -0.2) is 53.1 Å². The van der Waals surface area contributed by atoms with Crippen LogP contribution in [0.1, 0.15) is 48.9 Å². The highest BCUT2D eigenvalue weighted by Gasteiger charge is 2.37. The minimum atomic E-state index is -0.0242. The van der Waals surface area contributed by atoms with E-state index in [1.807, 2.05) is 18.7 Å². The Kier molecular flexibility index (Phi) is 3.80. The smallest absolute Gasteiger partial charge is 0.274 e. The fraction of sp³-hybridized carbons (Fsp3) is 0.667. The van der Waals surface area contributed by atoms with E-state index in [1.165, 1.54) is 0 Å². The van der Waals surface area contributed by atoms with Crippen LogP contribution in [0.3, 0.4) is 0 Å². The van der Waals surface area contributed by atoms with Crippen molar-refractivity contribution in [2.45, 2.75) is 44.8 Å². The first-order valence-electron chi connectivity index (χ1n) is 7.58. The molecule has 2 unspecified atom stereocenters. The zero-order valence-electron chi connectivity index (χ0n) is 12.8. The number of hydrogen-bond acceptors (Lipinski definition) is 5. The molecule has 0 spiro atoms. The van der Waals surface area contributed by atoms with Crippen molar-refractivity contribution >= 4 is 11.6 Å². The van der Waals surface area contributed by atoms with Gasteiger partial charge >= 0.3 is 0 Å². The van der Waals surface area contributed by atoms with E-state index >= 15 is 0 Å². The summed E-state index contributed by atoms with van der Waals surface area (Å²) in [4.78, 5) is 23.5. The number of nitrogens with one attached hydrogen (secondary N) is 1. The molecule has 2 atom stereocenters. The van der Waals surface area contributed by atoms with Crippen LogP contribution in [0.4, 0.5) is 5.69 Å². The summed E-state index contributed by atoms with van der Waals surface area (Å²) >= 11 is 0. The highest BCUT2D eigenvalue weighted by atomic mass is 16.5. The first-order valence-corrected chi connectivity index (χ1v) is 7.58. The Morgan fingerprint density at radius 3 is 2.62 bits per heavy atom.